The molecule has 0 radical (unpaired) electrons. The fourth-order valence-electron chi connectivity index (χ4n) is 3.10. The van der Waals surface area contributed by atoms with Crippen molar-refractivity contribution >= 4 is 28.7 Å². The molecule has 2 aromatic rings. The predicted octanol–water partition coefficient (Wildman–Crippen LogP) is 5.70. The molecule has 0 saturated heterocycles. The van der Waals surface area contributed by atoms with Gasteiger partial charge in [0.1, 0.15) is 11.5 Å². The number of aryl methyl sites for hydroxylation is 1. The van der Waals surface area contributed by atoms with E-state index in [2.05, 4.69) is 21.6 Å². The Morgan fingerprint density at radius 1 is 1.15 bits per heavy atom. The number of carbonyl (C=O) groups is 2. The number of likely N-dealkylation sites (N-methyl/N-ethyl adjacent to an activating group) is 1. The lowest BCUT2D eigenvalue weighted by atomic mass is 10.1. The number of anilines is 1. The molecule has 34 heavy (non-hydrogen) atoms. The fourth-order valence-corrected chi connectivity index (χ4v) is 3.10. The summed E-state index contributed by atoms with van der Waals surface area (Å²) >= 11 is 0. The highest BCUT2D eigenvalue weighted by molar-refractivity contribution is 6.01. The Labute approximate surface area is 198 Å². The first-order valence-corrected chi connectivity index (χ1v) is 10.6. The average molecular weight is 470 g/mol. The van der Waals surface area contributed by atoms with E-state index >= 15 is 0 Å². The molecule has 0 aliphatic carbocycles. The van der Waals surface area contributed by atoms with Gasteiger partial charge in [-0.2, -0.15) is 8.78 Å². The number of benzene rings is 2. The second kappa shape index (κ2) is 11.9. The van der Waals surface area contributed by atoms with Crippen LogP contribution in [-0.2, 0) is 4.79 Å². The van der Waals surface area contributed by atoms with Crippen LogP contribution in [-0.4, -0.2) is 42.5 Å². The minimum atomic E-state index is -2.86. The Kier molecular flexibility index (Phi) is 9.24. The van der Waals surface area contributed by atoms with Crippen LogP contribution >= 0.6 is 0 Å². The molecule has 0 fully saturated rings. The highest BCUT2D eigenvalue weighted by Gasteiger charge is 2.15. The van der Waals surface area contributed by atoms with Gasteiger partial charge in [-0.05, 0) is 74.7 Å². The zero-order chi connectivity index (χ0) is 25.4. The third-order valence-corrected chi connectivity index (χ3v) is 4.98. The van der Waals surface area contributed by atoms with Gasteiger partial charge in [-0.1, -0.05) is 18.7 Å². The van der Waals surface area contributed by atoms with E-state index in [-0.39, 0.29) is 24.0 Å². The van der Waals surface area contributed by atoms with Crippen LogP contribution in [0.25, 0.3) is 5.57 Å². The molecule has 0 aromatic heterocycles. The third-order valence-electron chi connectivity index (χ3n) is 4.98. The number of halogens is 2. The molecule has 0 atom stereocenters. The summed E-state index contributed by atoms with van der Waals surface area (Å²) in [5.74, 6) is -0.206. The minimum absolute atomic E-state index is 0.0608. The van der Waals surface area contributed by atoms with Crippen LogP contribution in [0.1, 0.15) is 42.3 Å². The second-order valence-electron chi connectivity index (χ2n) is 7.93. The Morgan fingerprint density at radius 3 is 2.35 bits per heavy atom. The molecule has 0 aliphatic rings. The van der Waals surface area contributed by atoms with Gasteiger partial charge in [0.25, 0.3) is 5.91 Å². The van der Waals surface area contributed by atoms with Crippen LogP contribution in [0.3, 0.4) is 0 Å². The largest absolute Gasteiger partial charge is 0.435 e. The van der Waals surface area contributed by atoms with Crippen molar-refractivity contribution in [3.63, 3.8) is 0 Å². The smallest absolute Gasteiger partial charge is 0.387 e. The number of aliphatic imine (C=N–C) groups is 1. The van der Waals surface area contributed by atoms with E-state index < -0.39 is 6.61 Å². The number of nitrogens with zero attached hydrogens (tertiary/aromatic N) is 2. The van der Waals surface area contributed by atoms with E-state index in [1.54, 1.807) is 44.4 Å². The van der Waals surface area contributed by atoms with E-state index in [4.69, 9.17) is 0 Å². The molecule has 1 N–H and O–H groups in total. The molecule has 0 spiro atoms. The maximum absolute atomic E-state index is 12.5. The molecule has 1 amide bonds. The zero-order valence-electron chi connectivity index (χ0n) is 20.0. The van der Waals surface area contributed by atoms with Crippen molar-refractivity contribution in [3.8, 4) is 5.75 Å². The van der Waals surface area contributed by atoms with E-state index in [1.807, 2.05) is 19.9 Å². The molecule has 8 heteroatoms. The molecule has 0 heterocycles. The lowest BCUT2D eigenvalue weighted by Crippen LogP contribution is -2.31. The van der Waals surface area contributed by atoms with Crippen LogP contribution < -0.4 is 10.1 Å². The van der Waals surface area contributed by atoms with Gasteiger partial charge in [0.05, 0.1) is 18.0 Å². The number of hydrogen-bond acceptors (Lipinski definition) is 5. The van der Waals surface area contributed by atoms with E-state index in [0.29, 0.717) is 17.0 Å². The zero-order valence-corrected chi connectivity index (χ0v) is 20.0. The fraction of sp³-hybridized carbons (Fsp3) is 0.269. The Bertz CT molecular complexity index is 1120. The van der Waals surface area contributed by atoms with Crippen LogP contribution in [0.2, 0.25) is 0 Å². The van der Waals surface area contributed by atoms with Gasteiger partial charge in [-0.3, -0.25) is 14.6 Å². The van der Waals surface area contributed by atoms with Gasteiger partial charge in [0.2, 0.25) is 0 Å². The monoisotopic (exact) mass is 469 g/mol. The van der Waals surface area contributed by atoms with Crippen molar-refractivity contribution in [1.29, 1.82) is 0 Å². The molecule has 0 unspecified atom stereocenters. The number of carbonyl (C=O) groups excluding carboxylic acids is 2. The number of allylic oxidation sites excluding steroid dienone is 2. The Hall–Kier alpha value is -3.81. The number of nitrogens with one attached hydrogen (secondary N) is 1. The molecule has 6 nitrogen and oxygen atoms in total. The first kappa shape index (κ1) is 26.4. The van der Waals surface area contributed by atoms with Crippen molar-refractivity contribution in [1.82, 2.24) is 4.90 Å². The maximum atomic E-state index is 12.5. The molecular weight excluding hydrogens is 440 g/mol. The third kappa shape index (κ3) is 7.65. The SMILES string of the molecule is C=C(Nc1ccc(C(=O)N(C)CC(C)=O)c(C)c1)/C(C)=N/C=C(\C)c1ccc(OC(F)F)cc1. The van der Waals surface area contributed by atoms with Gasteiger partial charge < -0.3 is 15.0 Å². The van der Waals surface area contributed by atoms with Gasteiger partial charge in [0, 0.05) is 24.5 Å². The number of hydrogen-bond donors (Lipinski definition) is 1. The van der Waals surface area contributed by atoms with Crippen molar-refractivity contribution in [2.24, 2.45) is 4.99 Å². The number of ether oxygens (including phenoxy) is 1. The van der Waals surface area contributed by atoms with E-state index in [9.17, 15) is 18.4 Å². The summed E-state index contributed by atoms with van der Waals surface area (Å²) in [5, 5.41) is 3.18. The highest BCUT2D eigenvalue weighted by Crippen LogP contribution is 2.21. The van der Waals surface area contributed by atoms with Crippen molar-refractivity contribution in [3.05, 3.63) is 77.6 Å². The topological polar surface area (TPSA) is 71.0 Å². The lowest BCUT2D eigenvalue weighted by molar-refractivity contribution is -0.117. The highest BCUT2D eigenvalue weighted by atomic mass is 19.3. The summed E-state index contributed by atoms with van der Waals surface area (Å²) in [5.41, 5.74) is 4.93. The van der Waals surface area contributed by atoms with Crippen LogP contribution in [0.5, 0.6) is 5.75 Å². The molecular formula is C26H29F2N3O3. The predicted molar refractivity (Wildman–Crippen MR) is 131 cm³/mol. The Morgan fingerprint density at radius 2 is 1.79 bits per heavy atom. The lowest BCUT2D eigenvalue weighted by Gasteiger charge is -2.17. The second-order valence-corrected chi connectivity index (χ2v) is 7.93. The minimum Gasteiger partial charge on any atom is -0.435 e. The van der Waals surface area contributed by atoms with Crippen molar-refractivity contribution in [2.45, 2.75) is 34.3 Å². The summed E-state index contributed by atoms with van der Waals surface area (Å²) in [7, 11) is 1.60. The molecule has 0 bridgehead atoms. The average Bonchev–Trinajstić information content (AvgIpc) is 2.76. The van der Waals surface area contributed by atoms with Crippen LogP contribution in [0.4, 0.5) is 14.5 Å². The van der Waals surface area contributed by atoms with Crippen LogP contribution in [0, 0.1) is 6.92 Å². The Balaban J connectivity index is 2.06. The first-order chi connectivity index (χ1) is 16.0. The summed E-state index contributed by atoms with van der Waals surface area (Å²) in [4.78, 5) is 29.6. The molecule has 2 rings (SSSR count). The normalized spacial score (nSPS) is 11.9. The van der Waals surface area contributed by atoms with Gasteiger partial charge in [-0.25, -0.2) is 0 Å². The number of amides is 1. The van der Waals surface area contributed by atoms with E-state index in [1.165, 1.54) is 24.0 Å². The van der Waals surface area contributed by atoms with Crippen molar-refractivity contribution < 1.29 is 23.1 Å². The summed E-state index contributed by atoms with van der Waals surface area (Å²) in [6.45, 7) is 8.15. The first-order valence-electron chi connectivity index (χ1n) is 10.6. The molecule has 180 valence electrons. The maximum Gasteiger partial charge on any atom is 0.387 e. The van der Waals surface area contributed by atoms with Gasteiger partial charge in [0.15, 0.2) is 0 Å². The summed E-state index contributed by atoms with van der Waals surface area (Å²) in [6.07, 6.45) is 1.67. The molecule has 0 aliphatic heterocycles. The molecule has 0 saturated carbocycles. The number of Topliss-reactive ketones (excluding diaryl/α,β-unsaturated/α-hetero) is 1. The number of rotatable bonds is 10. The standard InChI is InChI=1S/C26H29F2N3O3/c1-16-13-22(9-12-24(16)25(33)31(6)15-18(3)32)30-20(5)19(4)29-14-17(2)21-7-10-23(11-8-21)34-26(27)28/h7-14,26,30H,5,15H2,1-4,6H3/b17-14+,29-19+. The van der Waals surface area contributed by atoms with Crippen LogP contribution in [0.15, 0.2) is 65.9 Å². The van der Waals surface area contributed by atoms with E-state index in [0.717, 1.165) is 22.4 Å². The number of ketones is 1. The van der Waals surface area contributed by atoms with Crippen molar-refractivity contribution in [2.75, 3.05) is 18.9 Å². The quantitative estimate of drug-likeness (QED) is 0.453. The number of alkyl halides is 2. The molecule has 2 aromatic carbocycles. The summed E-state index contributed by atoms with van der Waals surface area (Å²) < 4.78 is 28.9. The van der Waals surface area contributed by atoms with Gasteiger partial charge >= 0.3 is 6.61 Å². The van der Waals surface area contributed by atoms with Gasteiger partial charge in [-0.15, -0.1) is 0 Å². The summed E-state index contributed by atoms with van der Waals surface area (Å²) in [6, 6.07) is 11.6.